The molecular weight excluding hydrogens is 462 g/mol. The molecular formula is C28H25NO7. The van der Waals surface area contributed by atoms with E-state index < -0.39 is 16.8 Å². The molecule has 0 N–H and O–H groups in total. The number of rotatable bonds is 8. The molecule has 1 atom stereocenters. The molecule has 8 heteroatoms. The van der Waals surface area contributed by atoms with Gasteiger partial charge in [0.2, 0.25) is 0 Å². The summed E-state index contributed by atoms with van der Waals surface area (Å²) in [5, 5.41) is 11.6. The second-order valence-corrected chi connectivity index (χ2v) is 8.47. The number of hydrogen-bond donors (Lipinski definition) is 0. The molecule has 0 saturated heterocycles. The molecule has 4 rings (SSSR count). The molecule has 0 amide bonds. The summed E-state index contributed by atoms with van der Waals surface area (Å²) >= 11 is 0. The molecule has 0 bridgehead atoms. The van der Waals surface area contributed by atoms with E-state index in [0.29, 0.717) is 34.5 Å². The van der Waals surface area contributed by atoms with Crippen LogP contribution in [0.25, 0.3) is 11.0 Å². The molecule has 0 aliphatic carbocycles. The highest BCUT2D eigenvalue weighted by Gasteiger charge is 2.29. The van der Waals surface area contributed by atoms with Crippen molar-refractivity contribution in [3.63, 3.8) is 0 Å². The Balaban J connectivity index is 1.77. The summed E-state index contributed by atoms with van der Waals surface area (Å²) in [6.45, 7) is 3.73. The first-order valence-corrected chi connectivity index (χ1v) is 11.3. The number of nitro benzene ring substituents is 1. The van der Waals surface area contributed by atoms with Gasteiger partial charge in [-0.1, -0.05) is 42.5 Å². The highest BCUT2D eigenvalue weighted by Crippen LogP contribution is 2.32. The lowest BCUT2D eigenvalue weighted by atomic mass is 9.93. The van der Waals surface area contributed by atoms with Gasteiger partial charge in [-0.3, -0.25) is 19.7 Å². The van der Waals surface area contributed by atoms with E-state index in [4.69, 9.17) is 13.9 Å². The van der Waals surface area contributed by atoms with Crippen molar-refractivity contribution in [3.8, 4) is 5.75 Å². The third-order valence-corrected chi connectivity index (χ3v) is 6.12. The van der Waals surface area contributed by atoms with Gasteiger partial charge in [0.1, 0.15) is 29.6 Å². The van der Waals surface area contributed by atoms with Crippen LogP contribution in [0.3, 0.4) is 0 Å². The quantitative estimate of drug-likeness (QED) is 0.186. The Morgan fingerprint density at radius 2 is 1.72 bits per heavy atom. The van der Waals surface area contributed by atoms with Crippen molar-refractivity contribution >= 4 is 22.6 Å². The van der Waals surface area contributed by atoms with Crippen molar-refractivity contribution in [2.45, 2.75) is 32.8 Å². The summed E-state index contributed by atoms with van der Waals surface area (Å²) in [5.74, 6) is -0.865. The van der Waals surface area contributed by atoms with Gasteiger partial charge in [-0.25, -0.2) is 0 Å². The third-order valence-electron chi connectivity index (χ3n) is 6.12. The lowest BCUT2D eigenvalue weighted by Gasteiger charge is -2.18. The van der Waals surface area contributed by atoms with Crippen molar-refractivity contribution in [2.24, 2.45) is 0 Å². The fraction of sp³-hybridized carbons (Fsp3) is 0.214. The average molecular weight is 488 g/mol. The van der Waals surface area contributed by atoms with E-state index >= 15 is 0 Å². The topological polar surface area (TPSA) is 109 Å². The van der Waals surface area contributed by atoms with Gasteiger partial charge in [-0.2, -0.15) is 0 Å². The van der Waals surface area contributed by atoms with E-state index in [2.05, 4.69) is 0 Å². The zero-order chi connectivity index (χ0) is 25.8. The fourth-order valence-electron chi connectivity index (χ4n) is 4.17. The van der Waals surface area contributed by atoms with Crippen molar-refractivity contribution < 1.29 is 23.6 Å². The number of benzene rings is 3. The maximum Gasteiger partial charge on any atom is 0.316 e. The Morgan fingerprint density at radius 3 is 2.42 bits per heavy atom. The number of aryl methyl sites for hydroxylation is 1. The lowest BCUT2D eigenvalue weighted by Crippen LogP contribution is -2.21. The van der Waals surface area contributed by atoms with Gasteiger partial charge < -0.3 is 13.9 Å². The Bertz CT molecular complexity index is 1490. The smallest absolute Gasteiger partial charge is 0.316 e. The molecule has 1 heterocycles. The normalized spacial score (nSPS) is 11.8. The summed E-state index contributed by atoms with van der Waals surface area (Å²) in [5.41, 5.74) is 2.39. The van der Waals surface area contributed by atoms with Crippen LogP contribution in [0, 0.1) is 24.0 Å². The molecule has 1 unspecified atom stereocenters. The molecule has 3 aromatic carbocycles. The zero-order valence-electron chi connectivity index (χ0n) is 20.1. The minimum atomic E-state index is -0.970. The van der Waals surface area contributed by atoms with Crippen LogP contribution in [0.1, 0.15) is 33.9 Å². The lowest BCUT2D eigenvalue weighted by molar-refractivity contribution is -0.384. The fourth-order valence-corrected chi connectivity index (χ4v) is 4.17. The molecule has 0 saturated carbocycles. The molecule has 0 radical (unpaired) electrons. The highest BCUT2D eigenvalue weighted by molar-refractivity contribution is 5.84. The first-order chi connectivity index (χ1) is 17.3. The largest absolute Gasteiger partial charge is 0.488 e. The van der Waals surface area contributed by atoms with E-state index in [1.807, 2.05) is 30.3 Å². The van der Waals surface area contributed by atoms with E-state index in [9.17, 15) is 19.7 Å². The van der Waals surface area contributed by atoms with E-state index in [-0.39, 0.29) is 28.9 Å². The van der Waals surface area contributed by atoms with Gasteiger partial charge in [-0.05, 0) is 43.5 Å². The number of esters is 1. The Labute approximate surface area is 207 Å². The third kappa shape index (κ3) is 4.98. The number of methoxy groups -OCH3 is 1. The van der Waals surface area contributed by atoms with E-state index in [0.717, 1.165) is 5.56 Å². The number of nitrogens with zero attached hydrogens (tertiary/aromatic N) is 1. The summed E-state index contributed by atoms with van der Waals surface area (Å²) in [6.07, 6.45) is 0.0624. The van der Waals surface area contributed by atoms with Crippen LogP contribution in [0.5, 0.6) is 5.75 Å². The minimum Gasteiger partial charge on any atom is -0.488 e. The van der Waals surface area contributed by atoms with Crippen LogP contribution in [0.4, 0.5) is 5.69 Å². The van der Waals surface area contributed by atoms with Crippen LogP contribution in [-0.2, 0) is 22.6 Å². The number of fused-ring (bicyclic) bond motifs is 1. The van der Waals surface area contributed by atoms with Crippen molar-refractivity contribution in [1.29, 1.82) is 0 Å². The number of non-ortho nitro benzene ring substituents is 1. The summed E-state index contributed by atoms with van der Waals surface area (Å²) in [4.78, 5) is 36.8. The maximum absolute atomic E-state index is 13.3. The SMILES string of the molecule is COC(=O)C(Cc1cccc([N+](=O)[O-])c1)c1oc2c(C)c(OCc3ccccc3)ccc2c(=O)c1C. The maximum atomic E-state index is 13.3. The molecule has 0 aliphatic rings. The average Bonchev–Trinajstić information content (AvgIpc) is 2.89. The standard InChI is InChI=1S/C28H25NO7/c1-17-24(35-16-19-8-5-4-6-9-19)13-12-22-25(30)18(2)27(36-26(17)22)23(28(31)34-3)15-20-10-7-11-21(14-20)29(32)33/h4-14,23H,15-16H2,1-3H3. The summed E-state index contributed by atoms with van der Waals surface area (Å²) in [7, 11) is 1.25. The first kappa shape index (κ1) is 24.7. The first-order valence-electron chi connectivity index (χ1n) is 11.3. The Kier molecular flexibility index (Phi) is 7.15. The molecule has 4 aromatic rings. The van der Waals surface area contributed by atoms with Gasteiger partial charge >= 0.3 is 5.97 Å². The number of carbonyl (C=O) groups is 1. The Hall–Kier alpha value is -4.46. The number of ether oxygens (including phenoxy) is 2. The van der Waals surface area contributed by atoms with Gasteiger partial charge in [0.25, 0.3) is 5.69 Å². The van der Waals surface area contributed by atoms with Gasteiger partial charge in [-0.15, -0.1) is 0 Å². The minimum absolute atomic E-state index is 0.0624. The van der Waals surface area contributed by atoms with Crippen LogP contribution in [0.2, 0.25) is 0 Å². The highest BCUT2D eigenvalue weighted by atomic mass is 16.6. The van der Waals surface area contributed by atoms with Gasteiger partial charge in [0, 0.05) is 23.3 Å². The van der Waals surface area contributed by atoms with Crippen LogP contribution in [0.15, 0.2) is 75.9 Å². The summed E-state index contributed by atoms with van der Waals surface area (Å²) in [6, 6.07) is 19.1. The van der Waals surface area contributed by atoms with Crippen LogP contribution >= 0.6 is 0 Å². The zero-order valence-corrected chi connectivity index (χ0v) is 20.1. The Morgan fingerprint density at radius 1 is 1.00 bits per heavy atom. The monoisotopic (exact) mass is 487 g/mol. The number of carbonyl (C=O) groups excluding carboxylic acids is 1. The predicted octanol–water partition coefficient (Wildman–Crippen LogP) is 5.40. The number of hydrogen-bond acceptors (Lipinski definition) is 7. The second-order valence-electron chi connectivity index (χ2n) is 8.47. The molecule has 8 nitrogen and oxygen atoms in total. The van der Waals surface area contributed by atoms with Crippen molar-refractivity contribution in [1.82, 2.24) is 0 Å². The van der Waals surface area contributed by atoms with Crippen molar-refractivity contribution in [2.75, 3.05) is 7.11 Å². The number of nitro groups is 1. The van der Waals surface area contributed by atoms with Gasteiger partial charge in [0.05, 0.1) is 17.4 Å². The van der Waals surface area contributed by atoms with Crippen molar-refractivity contribution in [3.05, 3.63) is 115 Å². The summed E-state index contributed by atoms with van der Waals surface area (Å²) < 4.78 is 17.2. The molecule has 0 fully saturated rings. The predicted molar refractivity (Wildman–Crippen MR) is 134 cm³/mol. The van der Waals surface area contributed by atoms with Crippen LogP contribution < -0.4 is 10.2 Å². The molecule has 0 aliphatic heterocycles. The van der Waals surface area contributed by atoms with Crippen LogP contribution in [-0.4, -0.2) is 18.0 Å². The van der Waals surface area contributed by atoms with E-state index in [1.54, 1.807) is 38.1 Å². The molecule has 36 heavy (non-hydrogen) atoms. The molecule has 1 aromatic heterocycles. The van der Waals surface area contributed by atoms with E-state index in [1.165, 1.54) is 19.2 Å². The second kappa shape index (κ2) is 10.4. The van der Waals surface area contributed by atoms with Gasteiger partial charge in [0.15, 0.2) is 5.43 Å². The molecule has 184 valence electrons. The molecule has 0 spiro atoms.